The number of benzene rings is 4. The first-order valence-corrected chi connectivity index (χ1v) is 12.1. The molecule has 1 aromatic heterocycles. The first-order valence-electron chi connectivity index (χ1n) is 11.8. The normalized spacial score (nSPS) is 11.0. The van der Waals surface area contributed by atoms with Gasteiger partial charge in [-0.2, -0.15) is 5.10 Å². The fourth-order valence-corrected chi connectivity index (χ4v) is 4.38. The minimum Gasteiger partial charge on any atom is -0.309 e. The maximum absolute atomic E-state index is 11.5. The van der Waals surface area contributed by atoms with Gasteiger partial charge in [0.25, 0.3) is 5.69 Å². The second kappa shape index (κ2) is 11.0. The van der Waals surface area contributed by atoms with Gasteiger partial charge in [-0.3, -0.25) is 25.7 Å². The van der Waals surface area contributed by atoms with Crippen LogP contribution >= 0.6 is 11.6 Å². The van der Waals surface area contributed by atoms with Crippen molar-refractivity contribution in [1.29, 1.82) is 0 Å². The Morgan fingerprint density at radius 2 is 1.41 bits per heavy atom. The maximum atomic E-state index is 11.5. The van der Waals surface area contributed by atoms with Crippen molar-refractivity contribution in [3.63, 3.8) is 0 Å². The van der Waals surface area contributed by atoms with Crippen LogP contribution in [0.3, 0.4) is 0 Å². The molecule has 0 amide bonds. The van der Waals surface area contributed by atoms with Gasteiger partial charge < -0.3 is 4.57 Å². The van der Waals surface area contributed by atoms with Crippen LogP contribution in [0.15, 0.2) is 114 Å². The molecule has 0 radical (unpaired) electrons. The quantitative estimate of drug-likeness (QED) is 0.123. The molecule has 0 saturated carbocycles. The minimum atomic E-state index is -0.690. The van der Waals surface area contributed by atoms with Gasteiger partial charge >= 0.3 is 5.69 Å². The molecule has 5 rings (SSSR count). The van der Waals surface area contributed by atoms with Crippen LogP contribution in [-0.2, 0) is 0 Å². The predicted molar refractivity (Wildman–Crippen MR) is 153 cm³/mol. The highest BCUT2D eigenvalue weighted by Gasteiger charge is 2.21. The maximum Gasteiger partial charge on any atom is 0.301 e. The summed E-state index contributed by atoms with van der Waals surface area (Å²) in [6.45, 7) is 0. The lowest BCUT2D eigenvalue weighted by molar-refractivity contribution is -0.393. The highest BCUT2D eigenvalue weighted by Crippen LogP contribution is 2.36. The molecule has 1 heterocycles. The zero-order valence-corrected chi connectivity index (χ0v) is 21.0. The second-order valence-corrected chi connectivity index (χ2v) is 8.90. The Balaban J connectivity index is 1.65. The van der Waals surface area contributed by atoms with E-state index in [9.17, 15) is 20.2 Å². The monoisotopic (exact) mass is 537 g/mol. The van der Waals surface area contributed by atoms with E-state index in [1.54, 1.807) is 6.21 Å². The number of nitrogens with one attached hydrogen (secondary N) is 1. The van der Waals surface area contributed by atoms with Crippen LogP contribution in [-0.4, -0.2) is 20.6 Å². The first-order chi connectivity index (χ1) is 18.9. The van der Waals surface area contributed by atoms with Crippen molar-refractivity contribution >= 4 is 34.9 Å². The largest absolute Gasteiger partial charge is 0.309 e. The summed E-state index contributed by atoms with van der Waals surface area (Å²) < 4.78 is 2.11. The van der Waals surface area contributed by atoms with Crippen LogP contribution < -0.4 is 5.43 Å². The van der Waals surface area contributed by atoms with Gasteiger partial charge in [0.1, 0.15) is 5.69 Å². The van der Waals surface area contributed by atoms with Crippen LogP contribution in [0.5, 0.6) is 0 Å². The molecule has 0 aliphatic rings. The van der Waals surface area contributed by atoms with Crippen molar-refractivity contribution < 1.29 is 9.85 Å². The van der Waals surface area contributed by atoms with Crippen molar-refractivity contribution in [1.82, 2.24) is 4.57 Å². The van der Waals surface area contributed by atoms with Gasteiger partial charge in [-0.25, -0.2) is 0 Å². The number of hydrogen-bond donors (Lipinski definition) is 1. The Labute approximate surface area is 227 Å². The summed E-state index contributed by atoms with van der Waals surface area (Å²) in [5.41, 5.74) is 7.16. The SMILES string of the molecule is O=[N+]([O-])c1ccc(N/N=C/c2cc(-c3ccccc3)n(-c3ccc(Cl)cc3)c2-c2ccccc2)c([N+](=O)[O-])c1. The predicted octanol–water partition coefficient (Wildman–Crippen LogP) is 7.73. The number of non-ortho nitro benzene ring substituents is 1. The van der Waals surface area contributed by atoms with Crippen molar-refractivity contribution in [2.75, 3.05) is 5.43 Å². The van der Waals surface area contributed by atoms with Crippen molar-refractivity contribution in [2.24, 2.45) is 5.10 Å². The molecular formula is C29H20ClN5O4. The lowest BCUT2D eigenvalue weighted by atomic mass is 10.1. The van der Waals surface area contributed by atoms with E-state index in [1.165, 1.54) is 12.1 Å². The number of hydrazone groups is 1. The van der Waals surface area contributed by atoms with E-state index < -0.39 is 15.5 Å². The van der Waals surface area contributed by atoms with Crippen LogP contribution in [0.1, 0.15) is 5.56 Å². The van der Waals surface area contributed by atoms with Gasteiger partial charge in [-0.1, -0.05) is 72.3 Å². The fourth-order valence-electron chi connectivity index (χ4n) is 4.25. The van der Waals surface area contributed by atoms with Crippen molar-refractivity contribution in [3.05, 3.63) is 140 Å². The lowest BCUT2D eigenvalue weighted by Crippen LogP contribution is -2.01. The number of nitro groups is 2. The Hall–Kier alpha value is -5.28. The van der Waals surface area contributed by atoms with Crippen molar-refractivity contribution in [2.45, 2.75) is 0 Å². The Morgan fingerprint density at radius 3 is 2.03 bits per heavy atom. The zero-order valence-electron chi connectivity index (χ0n) is 20.3. The summed E-state index contributed by atoms with van der Waals surface area (Å²) in [6.07, 6.45) is 1.58. The molecular weight excluding hydrogens is 518 g/mol. The number of rotatable bonds is 8. The summed E-state index contributed by atoms with van der Waals surface area (Å²) in [7, 11) is 0. The molecule has 5 aromatic rings. The third-order valence-electron chi connectivity index (χ3n) is 6.01. The molecule has 0 spiro atoms. The standard InChI is InChI=1S/C29H20ClN5O4/c30-23-11-13-24(14-12-23)33-27(20-7-3-1-4-8-20)17-22(29(33)21-9-5-2-6-10-21)19-31-32-26-16-15-25(34(36)37)18-28(26)35(38)39/h1-19,32H/b31-19+. The number of hydrogen-bond acceptors (Lipinski definition) is 6. The van der Waals surface area contributed by atoms with Crippen molar-refractivity contribution in [3.8, 4) is 28.2 Å². The zero-order chi connectivity index (χ0) is 27.4. The number of halogens is 1. The van der Waals surface area contributed by atoms with Crippen LogP contribution in [0.25, 0.3) is 28.2 Å². The first kappa shape index (κ1) is 25.4. The molecule has 0 unspecified atom stereocenters. The van der Waals surface area contributed by atoms with E-state index in [0.717, 1.165) is 39.8 Å². The molecule has 4 aromatic carbocycles. The fraction of sp³-hybridized carbons (Fsp3) is 0. The van der Waals surface area contributed by atoms with Gasteiger partial charge in [0.15, 0.2) is 0 Å². The van der Waals surface area contributed by atoms with Gasteiger partial charge in [0, 0.05) is 22.3 Å². The lowest BCUT2D eigenvalue weighted by Gasteiger charge is -2.15. The molecule has 0 atom stereocenters. The second-order valence-electron chi connectivity index (χ2n) is 8.46. The average Bonchev–Trinajstić information content (AvgIpc) is 3.33. The highest BCUT2D eigenvalue weighted by atomic mass is 35.5. The number of anilines is 1. The van der Waals surface area contributed by atoms with Crippen LogP contribution in [0.4, 0.5) is 17.1 Å². The molecule has 10 heteroatoms. The summed E-state index contributed by atoms with van der Waals surface area (Å²) in [4.78, 5) is 21.2. The van der Waals surface area contributed by atoms with Gasteiger partial charge in [0.05, 0.1) is 33.5 Å². The third-order valence-corrected chi connectivity index (χ3v) is 6.26. The topological polar surface area (TPSA) is 116 Å². The van der Waals surface area contributed by atoms with Crippen LogP contribution in [0, 0.1) is 20.2 Å². The Kier molecular flexibility index (Phi) is 7.15. The van der Waals surface area contributed by atoms with E-state index in [2.05, 4.69) is 15.1 Å². The summed E-state index contributed by atoms with van der Waals surface area (Å²) in [5, 5.41) is 27.5. The van der Waals surface area contributed by atoms with E-state index in [-0.39, 0.29) is 11.4 Å². The Morgan fingerprint density at radius 1 is 0.769 bits per heavy atom. The summed E-state index contributed by atoms with van der Waals surface area (Å²) >= 11 is 6.18. The molecule has 0 fully saturated rings. The van der Waals surface area contributed by atoms with E-state index >= 15 is 0 Å². The summed E-state index contributed by atoms with van der Waals surface area (Å²) in [5.74, 6) is 0. The Bertz CT molecular complexity index is 1680. The highest BCUT2D eigenvalue weighted by molar-refractivity contribution is 6.30. The molecule has 1 N–H and O–H groups in total. The molecule has 0 aliphatic carbocycles. The van der Waals surface area contributed by atoms with Gasteiger partial charge in [-0.05, 0) is 47.5 Å². The van der Waals surface area contributed by atoms with Gasteiger partial charge in [0.2, 0.25) is 0 Å². The van der Waals surface area contributed by atoms with Crippen LogP contribution in [0.2, 0.25) is 5.02 Å². The van der Waals surface area contributed by atoms with E-state index in [1.807, 2.05) is 91.0 Å². The molecule has 192 valence electrons. The molecule has 0 saturated heterocycles. The smallest absolute Gasteiger partial charge is 0.301 e. The van der Waals surface area contributed by atoms with E-state index in [4.69, 9.17) is 11.6 Å². The minimum absolute atomic E-state index is 0.0310. The number of nitro benzene ring substituents is 2. The molecule has 0 aliphatic heterocycles. The molecule has 0 bridgehead atoms. The third kappa shape index (κ3) is 5.39. The summed E-state index contributed by atoms with van der Waals surface area (Å²) in [6, 6.07) is 32.5. The average molecular weight is 538 g/mol. The number of aromatic nitrogens is 1. The van der Waals surface area contributed by atoms with Gasteiger partial charge in [-0.15, -0.1) is 0 Å². The molecule has 9 nitrogen and oxygen atoms in total. The molecule has 39 heavy (non-hydrogen) atoms. The number of nitrogens with zero attached hydrogens (tertiary/aromatic N) is 4. The van der Waals surface area contributed by atoms with E-state index in [0.29, 0.717) is 5.02 Å².